The van der Waals surface area contributed by atoms with Crippen LogP contribution in [0, 0.1) is 10.8 Å². The molecule has 1 atom stereocenters. The standard InChI is InChI=1S/C21H43N/c1-5-8-11-13-15-20(4,14-10-7-3)21(16-12-9-6-2)17-19(22)18-21/h19H,5-18,22H2,1-4H3. The Morgan fingerprint density at radius 3 is 1.91 bits per heavy atom. The quantitative estimate of drug-likeness (QED) is 0.370. The van der Waals surface area contributed by atoms with Crippen molar-refractivity contribution in [1.82, 2.24) is 0 Å². The Bertz CT molecular complexity index is 280. The summed E-state index contributed by atoms with van der Waals surface area (Å²) in [6.45, 7) is 9.59. The normalized spacial score (nSPS) is 27.4. The zero-order valence-electron chi connectivity index (χ0n) is 16.1. The summed E-state index contributed by atoms with van der Waals surface area (Å²) in [6.07, 6.45) is 19.4. The van der Waals surface area contributed by atoms with Crippen LogP contribution < -0.4 is 5.73 Å². The van der Waals surface area contributed by atoms with E-state index in [1.807, 2.05) is 0 Å². The van der Waals surface area contributed by atoms with Gasteiger partial charge in [0.15, 0.2) is 0 Å². The molecule has 0 aliphatic heterocycles. The van der Waals surface area contributed by atoms with Crippen LogP contribution in [0.25, 0.3) is 0 Å². The molecule has 1 fully saturated rings. The van der Waals surface area contributed by atoms with Crippen LogP contribution in [0.5, 0.6) is 0 Å². The molecule has 1 heteroatoms. The number of nitrogens with two attached hydrogens (primary N) is 1. The molecule has 0 aromatic heterocycles. The highest BCUT2D eigenvalue weighted by Crippen LogP contribution is 2.60. The van der Waals surface area contributed by atoms with E-state index in [4.69, 9.17) is 5.73 Å². The van der Waals surface area contributed by atoms with Crippen LogP contribution in [0.3, 0.4) is 0 Å². The molecule has 1 aliphatic carbocycles. The summed E-state index contributed by atoms with van der Waals surface area (Å²) in [7, 11) is 0. The zero-order chi connectivity index (χ0) is 16.5. The summed E-state index contributed by atoms with van der Waals surface area (Å²) < 4.78 is 0. The molecule has 1 nitrogen and oxygen atoms in total. The van der Waals surface area contributed by atoms with Gasteiger partial charge in [-0.25, -0.2) is 0 Å². The summed E-state index contributed by atoms with van der Waals surface area (Å²) in [6, 6.07) is 0.484. The van der Waals surface area contributed by atoms with Crippen molar-refractivity contribution in [3.63, 3.8) is 0 Å². The maximum Gasteiger partial charge on any atom is 0.00498 e. The van der Waals surface area contributed by atoms with Gasteiger partial charge in [0.2, 0.25) is 0 Å². The van der Waals surface area contributed by atoms with Crippen molar-refractivity contribution in [3.8, 4) is 0 Å². The molecule has 22 heavy (non-hydrogen) atoms. The van der Waals surface area contributed by atoms with Gasteiger partial charge in [0.05, 0.1) is 0 Å². The Morgan fingerprint density at radius 1 is 0.818 bits per heavy atom. The minimum absolute atomic E-state index is 0.484. The van der Waals surface area contributed by atoms with Crippen molar-refractivity contribution in [2.24, 2.45) is 16.6 Å². The SMILES string of the molecule is CCCCCCC(C)(CCCC)C1(CCCCC)CC(N)C1. The van der Waals surface area contributed by atoms with Crippen molar-refractivity contribution in [2.75, 3.05) is 0 Å². The van der Waals surface area contributed by atoms with Crippen molar-refractivity contribution < 1.29 is 0 Å². The predicted molar refractivity (Wildman–Crippen MR) is 100 cm³/mol. The average molecular weight is 310 g/mol. The van der Waals surface area contributed by atoms with E-state index < -0.39 is 0 Å². The Balaban J connectivity index is 2.70. The summed E-state index contributed by atoms with van der Waals surface area (Å²) >= 11 is 0. The van der Waals surface area contributed by atoms with Crippen molar-refractivity contribution in [1.29, 1.82) is 0 Å². The van der Waals surface area contributed by atoms with Crippen molar-refractivity contribution >= 4 is 0 Å². The van der Waals surface area contributed by atoms with Gasteiger partial charge >= 0.3 is 0 Å². The van der Waals surface area contributed by atoms with E-state index in [0.29, 0.717) is 16.9 Å². The molecule has 1 aliphatic rings. The molecule has 0 aromatic carbocycles. The van der Waals surface area contributed by atoms with Crippen LogP contribution in [0.1, 0.15) is 118 Å². The van der Waals surface area contributed by atoms with Crippen LogP contribution >= 0.6 is 0 Å². The molecule has 132 valence electrons. The topological polar surface area (TPSA) is 26.0 Å². The summed E-state index contributed by atoms with van der Waals surface area (Å²) in [4.78, 5) is 0. The molecule has 2 N–H and O–H groups in total. The Morgan fingerprint density at radius 2 is 1.36 bits per heavy atom. The lowest BCUT2D eigenvalue weighted by Crippen LogP contribution is -2.55. The molecule has 0 aromatic rings. The van der Waals surface area contributed by atoms with Gasteiger partial charge in [-0.2, -0.15) is 0 Å². The maximum absolute atomic E-state index is 6.26. The summed E-state index contributed by atoms with van der Waals surface area (Å²) in [5.74, 6) is 0. The van der Waals surface area contributed by atoms with Crippen LogP contribution in [0.2, 0.25) is 0 Å². The first-order valence-corrected chi connectivity index (χ1v) is 10.3. The van der Waals surface area contributed by atoms with Crippen LogP contribution in [-0.2, 0) is 0 Å². The molecule has 0 radical (unpaired) electrons. The summed E-state index contributed by atoms with van der Waals surface area (Å²) in [5.41, 5.74) is 7.37. The number of hydrogen-bond donors (Lipinski definition) is 1. The fourth-order valence-corrected chi connectivity index (χ4v) is 4.82. The number of hydrogen-bond acceptors (Lipinski definition) is 1. The van der Waals surface area contributed by atoms with Gasteiger partial charge in [-0.3, -0.25) is 0 Å². The summed E-state index contributed by atoms with van der Waals surface area (Å²) in [5, 5.41) is 0. The minimum Gasteiger partial charge on any atom is -0.328 e. The Kier molecular flexibility index (Phi) is 9.05. The fourth-order valence-electron chi connectivity index (χ4n) is 4.82. The molecule has 1 rings (SSSR count). The monoisotopic (exact) mass is 309 g/mol. The van der Waals surface area contributed by atoms with E-state index in [1.165, 1.54) is 89.9 Å². The highest BCUT2D eigenvalue weighted by molar-refractivity contribution is 5.05. The third kappa shape index (κ3) is 5.25. The van der Waals surface area contributed by atoms with E-state index in [-0.39, 0.29) is 0 Å². The van der Waals surface area contributed by atoms with Gasteiger partial charge in [0.1, 0.15) is 0 Å². The lowest BCUT2D eigenvalue weighted by Gasteiger charge is -2.58. The third-order valence-corrected chi connectivity index (χ3v) is 6.51. The van der Waals surface area contributed by atoms with Crippen LogP contribution in [0.15, 0.2) is 0 Å². The molecule has 1 saturated carbocycles. The van der Waals surface area contributed by atoms with Gasteiger partial charge in [0.25, 0.3) is 0 Å². The predicted octanol–water partition coefficient (Wildman–Crippen LogP) is 6.84. The first kappa shape index (κ1) is 20.0. The fraction of sp³-hybridized carbons (Fsp3) is 1.00. The molecule has 0 heterocycles. The van der Waals surface area contributed by atoms with Crippen molar-refractivity contribution in [2.45, 2.75) is 124 Å². The molecule has 0 amide bonds. The van der Waals surface area contributed by atoms with Gasteiger partial charge in [0, 0.05) is 6.04 Å². The van der Waals surface area contributed by atoms with Crippen LogP contribution in [0.4, 0.5) is 0 Å². The number of rotatable bonds is 13. The van der Waals surface area contributed by atoms with Gasteiger partial charge in [-0.05, 0) is 42.9 Å². The highest BCUT2D eigenvalue weighted by Gasteiger charge is 2.53. The average Bonchev–Trinajstić information content (AvgIpc) is 2.47. The van der Waals surface area contributed by atoms with E-state index in [9.17, 15) is 0 Å². The molecule has 0 bridgehead atoms. The Hall–Kier alpha value is -0.0400. The van der Waals surface area contributed by atoms with Crippen LogP contribution in [-0.4, -0.2) is 6.04 Å². The van der Waals surface area contributed by atoms with E-state index in [1.54, 1.807) is 0 Å². The molecule has 0 saturated heterocycles. The van der Waals surface area contributed by atoms with Gasteiger partial charge in [-0.1, -0.05) is 85.5 Å². The second kappa shape index (κ2) is 9.96. The van der Waals surface area contributed by atoms with Gasteiger partial charge < -0.3 is 5.73 Å². The third-order valence-electron chi connectivity index (χ3n) is 6.51. The zero-order valence-corrected chi connectivity index (χ0v) is 16.1. The smallest absolute Gasteiger partial charge is 0.00498 e. The minimum atomic E-state index is 0.484. The molecule has 0 spiro atoms. The molecule has 1 unspecified atom stereocenters. The van der Waals surface area contributed by atoms with Gasteiger partial charge in [-0.15, -0.1) is 0 Å². The number of unbranched alkanes of at least 4 members (excludes halogenated alkanes) is 6. The Labute approximate surface area is 140 Å². The lowest BCUT2D eigenvalue weighted by atomic mass is 9.47. The largest absolute Gasteiger partial charge is 0.328 e. The first-order chi connectivity index (χ1) is 10.5. The van der Waals surface area contributed by atoms with E-state index in [2.05, 4.69) is 27.7 Å². The lowest BCUT2D eigenvalue weighted by molar-refractivity contribution is -0.0660. The van der Waals surface area contributed by atoms with E-state index in [0.717, 1.165) is 0 Å². The second-order valence-electron chi connectivity index (χ2n) is 8.38. The van der Waals surface area contributed by atoms with E-state index >= 15 is 0 Å². The first-order valence-electron chi connectivity index (χ1n) is 10.3. The van der Waals surface area contributed by atoms with Crippen molar-refractivity contribution in [3.05, 3.63) is 0 Å². The maximum atomic E-state index is 6.26. The highest BCUT2D eigenvalue weighted by atomic mass is 14.7. The second-order valence-corrected chi connectivity index (χ2v) is 8.38. The molecular formula is C21H43N. The molecular weight excluding hydrogens is 266 g/mol.